The van der Waals surface area contributed by atoms with Gasteiger partial charge in [0.15, 0.2) is 5.78 Å². The molecule has 1 aromatic carbocycles. The number of ether oxygens (including phenoxy) is 10. The molecular formula is C52H68O21. The number of hydrogen-bond donors (Lipinski definition) is 0. The highest BCUT2D eigenvalue weighted by molar-refractivity contribution is 5.98. The minimum atomic E-state index is -0.693. The van der Waals surface area contributed by atoms with Crippen molar-refractivity contribution >= 4 is 65.5 Å². The van der Waals surface area contributed by atoms with Crippen LogP contribution in [0.25, 0.3) is 0 Å². The predicted molar refractivity (Wildman–Crippen MR) is 253 cm³/mol. The summed E-state index contributed by atoms with van der Waals surface area (Å²) in [5, 5.41) is 0. The van der Waals surface area contributed by atoms with Crippen molar-refractivity contribution < 1.29 is 100 Å². The molecule has 2 atom stereocenters. The highest BCUT2D eigenvalue weighted by Crippen LogP contribution is 2.34. The van der Waals surface area contributed by atoms with E-state index in [2.05, 4.69) is 13.2 Å². The molecule has 0 bridgehead atoms. The summed E-state index contributed by atoms with van der Waals surface area (Å²) in [5.41, 5.74) is 0.0438. The van der Waals surface area contributed by atoms with Gasteiger partial charge in [0.25, 0.3) is 0 Å². The Morgan fingerprint density at radius 2 is 0.890 bits per heavy atom. The Labute approximate surface area is 424 Å². The summed E-state index contributed by atoms with van der Waals surface area (Å²) in [6.45, 7) is 11.0. The van der Waals surface area contributed by atoms with Crippen LogP contribution in [0.2, 0.25) is 0 Å². The van der Waals surface area contributed by atoms with Crippen molar-refractivity contribution in [3.8, 4) is 11.5 Å². The van der Waals surface area contributed by atoms with Crippen LogP contribution in [0.5, 0.6) is 11.5 Å². The van der Waals surface area contributed by atoms with Crippen molar-refractivity contribution in [1.29, 1.82) is 0 Å². The van der Waals surface area contributed by atoms with Gasteiger partial charge in [0.1, 0.15) is 36.9 Å². The van der Waals surface area contributed by atoms with Gasteiger partial charge in [0.05, 0.1) is 81.3 Å². The lowest BCUT2D eigenvalue weighted by Crippen LogP contribution is -2.30. The molecule has 2 fully saturated rings. The first kappa shape index (κ1) is 60.4. The highest BCUT2D eigenvalue weighted by Gasteiger charge is 2.34. The highest BCUT2D eigenvalue weighted by atomic mass is 16.6. The van der Waals surface area contributed by atoms with Crippen molar-refractivity contribution in [1.82, 2.24) is 0 Å². The van der Waals surface area contributed by atoms with E-state index in [1.54, 1.807) is 6.92 Å². The van der Waals surface area contributed by atoms with E-state index in [0.29, 0.717) is 77.0 Å². The van der Waals surface area contributed by atoms with Gasteiger partial charge in [0, 0.05) is 12.2 Å². The van der Waals surface area contributed by atoms with Crippen LogP contribution in [0.4, 0.5) is 0 Å². The molecule has 73 heavy (non-hydrogen) atoms. The standard InChI is InChI=1S/C52H68O21/c1-6-43(54)68-31-34(4)71-48(59)25-24-46(57)65-27-9-11-29-67-50(61)37-14-18-39(19-15-37)52(63)73-42-21-20-40(30-41(42)35(5)53)72-51(62)38-16-12-36(13-17-38)49(60)66-28-10-8-26-64-45(56)22-23-47(58)69-32-33(3)70-44(55)7-2/h6-7,20-21,30,33-34,36-39H,1-2,8-19,22-29,31-32H2,3-5H3. The van der Waals surface area contributed by atoms with Crippen LogP contribution < -0.4 is 9.47 Å². The Morgan fingerprint density at radius 1 is 0.493 bits per heavy atom. The maximum atomic E-state index is 13.2. The van der Waals surface area contributed by atoms with E-state index >= 15 is 0 Å². The van der Waals surface area contributed by atoms with Gasteiger partial charge in [-0.2, -0.15) is 0 Å². The zero-order valence-electron chi connectivity index (χ0n) is 41.9. The summed E-state index contributed by atoms with van der Waals surface area (Å²) in [6, 6.07) is 4.16. The Kier molecular flexibility index (Phi) is 27.2. The lowest BCUT2D eigenvalue weighted by Gasteiger charge is -2.26. The summed E-state index contributed by atoms with van der Waals surface area (Å²) in [6.07, 6.45) is 4.62. The summed E-state index contributed by atoms with van der Waals surface area (Å²) < 4.78 is 52.0. The molecule has 0 heterocycles. The van der Waals surface area contributed by atoms with Crippen molar-refractivity contribution in [3.63, 3.8) is 0 Å². The number of rotatable bonds is 31. The minimum Gasteiger partial charge on any atom is -0.466 e. The van der Waals surface area contributed by atoms with Crippen molar-refractivity contribution in [3.05, 3.63) is 49.1 Å². The van der Waals surface area contributed by atoms with Crippen LogP contribution in [0.3, 0.4) is 0 Å². The van der Waals surface area contributed by atoms with Gasteiger partial charge < -0.3 is 47.4 Å². The van der Waals surface area contributed by atoms with E-state index in [4.69, 9.17) is 47.4 Å². The fourth-order valence-corrected chi connectivity index (χ4v) is 7.51. The second-order valence-electron chi connectivity index (χ2n) is 17.6. The van der Waals surface area contributed by atoms with Crippen LogP contribution >= 0.6 is 0 Å². The second-order valence-corrected chi connectivity index (χ2v) is 17.6. The van der Waals surface area contributed by atoms with Crippen LogP contribution in [-0.4, -0.2) is 117 Å². The van der Waals surface area contributed by atoms with Gasteiger partial charge in [-0.05, 0) is 116 Å². The Balaban J connectivity index is 1.27. The summed E-state index contributed by atoms with van der Waals surface area (Å²) in [4.78, 5) is 134. The van der Waals surface area contributed by atoms with Crippen LogP contribution in [0.1, 0.15) is 134 Å². The first-order valence-electron chi connectivity index (χ1n) is 24.6. The average molecular weight is 1030 g/mol. The van der Waals surface area contributed by atoms with E-state index in [-0.39, 0.29) is 88.4 Å². The van der Waals surface area contributed by atoms with Crippen LogP contribution in [0, 0.1) is 23.7 Å². The Hall–Kier alpha value is -6.93. The van der Waals surface area contributed by atoms with Crippen molar-refractivity contribution in [2.24, 2.45) is 23.7 Å². The van der Waals surface area contributed by atoms with E-state index in [1.165, 1.54) is 32.0 Å². The monoisotopic (exact) mass is 1030 g/mol. The van der Waals surface area contributed by atoms with E-state index in [9.17, 15) is 52.7 Å². The van der Waals surface area contributed by atoms with Crippen molar-refractivity contribution in [2.75, 3.05) is 39.6 Å². The van der Waals surface area contributed by atoms with E-state index in [0.717, 1.165) is 12.2 Å². The third-order valence-electron chi connectivity index (χ3n) is 11.6. The maximum absolute atomic E-state index is 13.2. The number of Topliss-reactive ketones (excluding diaryl/α,β-unsaturated/α-hetero) is 1. The third-order valence-corrected chi connectivity index (χ3v) is 11.6. The summed E-state index contributed by atoms with van der Waals surface area (Å²) in [7, 11) is 0. The maximum Gasteiger partial charge on any atom is 0.330 e. The first-order valence-corrected chi connectivity index (χ1v) is 24.6. The van der Waals surface area contributed by atoms with Gasteiger partial charge in [-0.25, -0.2) is 9.59 Å². The fraction of sp³-hybridized carbons (Fsp3) is 0.596. The lowest BCUT2D eigenvalue weighted by molar-refractivity contribution is -0.157. The molecule has 0 aromatic heterocycles. The number of carbonyl (C=O) groups is 11. The Bertz CT molecular complexity index is 2090. The molecule has 0 aliphatic heterocycles. The number of benzene rings is 1. The summed E-state index contributed by atoms with van der Waals surface area (Å²) >= 11 is 0. The molecule has 1 aromatic rings. The molecule has 2 unspecified atom stereocenters. The molecule has 2 saturated carbocycles. The Morgan fingerprint density at radius 3 is 1.36 bits per heavy atom. The molecule has 21 nitrogen and oxygen atoms in total. The normalized spacial score (nSPS) is 17.9. The third kappa shape index (κ3) is 23.9. The van der Waals surface area contributed by atoms with Gasteiger partial charge in [-0.1, -0.05) is 13.2 Å². The second kappa shape index (κ2) is 32.9. The fourth-order valence-electron chi connectivity index (χ4n) is 7.51. The van der Waals surface area contributed by atoms with Crippen LogP contribution in [-0.2, 0) is 85.8 Å². The lowest BCUT2D eigenvalue weighted by atomic mass is 9.82. The van der Waals surface area contributed by atoms with Crippen molar-refractivity contribution in [2.45, 2.75) is 136 Å². The minimum absolute atomic E-state index is 0.00990. The molecule has 3 rings (SSSR count). The smallest absolute Gasteiger partial charge is 0.330 e. The molecule has 2 aliphatic carbocycles. The van der Waals surface area contributed by atoms with Gasteiger partial charge >= 0.3 is 59.7 Å². The first-order chi connectivity index (χ1) is 34.9. The number of carbonyl (C=O) groups excluding carboxylic acids is 11. The molecule has 0 spiro atoms. The van der Waals surface area contributed by atoms with Gasteiger partial charge in [-0.15, -0.1) is 0 Å². The average Bonchev–Trinajstić information content (AvgIpc) is 3.38. The molecule has 0 amide bonds. The van der Waals surface area contributed by atoms with Crippen LogP contribution in [0.15, 0.2) is 43.5 Å². The quantitative estimate of drug-likeness (QED) is 0.0208. The molecule has 0 radical (unpaired) electrons. The van der Waals surface area contributed by atoms with E-state index in [1.807, 2.05) is 0 Å². The van der Waals surface area contributed by atoms with E-state index < -0.39 is 95.4 Å². The molecule has 0 N–H and O–H groups in total. The zero-order valence-corrected chi connectivity index (χ0v) is 41.9. The number of ketones is 1. The number of esters is 10. The molecule has 402 valence electrons. The zero-order chi connectivity index (χ0) is 53.7. The topological polar surface area (TPSA) is 280 Å². The largest absolute Gasteiger partial charge is 0.466 e. The molecule has 0 saturated heterocycles. The molecule has 2 aliphatic rings. The number of unbranched alkanes of at least 4 members (excludes halogenated alkanes) is 2. The predicted octanol–water partition coefficient (Wildman–Crippen LogP) is 5.93. The van der Waals surface area contributed by atoms with Gasteiger partial charge in [0.2, 0.25) is 0 Å². The SMILES string of the molecule is C=CC(=O)OCC(C)OC(=O)CCC(=O)OCCCCOC(=O)C1CCC(C(=O)Oc2ccc(OC(=O)C3CCC(C(=O)OCCCCOC(=O)CCC(=O)OCC(C)OC(=O)C=C)CC3)cc2C(C)=O)CC1. The molecule has 21 heteroatoms. The number of hydrogen-bond acceptors (Lipinski definition) is 21. The summed E-state index contributed by atoms with van der Waals surface area (Å²) in [5.74, 6) is -7.77. The molecular weight excluding hydrogens is 961 g/mol. The van der Waals surface area contributed by atoms with Gasteiger partial charge in [-0.3, -0.25) is 43.2 Å².